The number of nitrogens with one attached hydrogen (secondary N) is 1. The molecular weight excluding hydrogens is 285 g/mol. The van der Waals surface area contributed by atoms with Crippen LogP contribution >= 0.6 is 15.9 Å². The summed E-state index contributed by atoms with van der Waals surface area (Å²) in [6, 6.07) is 5.25. The Balaban J connectivity index is 1.88. The van der Waals surface area contributed by atoms with Gasteiger partial charge in [0, 0.05) is 23.7 Å². The van der Waals surface area contributed by atoms with E-state index in [9.17, 15) is 4.39 Å². The molecule has 1 fully saturated rings. The highest BCUT2D eigenvalue weighted by atomic mass is 79.9. The number of hydrogen-bond acceptors (Lipinski definition) is 2. The van der Waals surface area contributed by atoms with E-state index in [-0.39, 0.29) is 5.82 Å². The third-order valence-corrected chi connectivity index (χ3v) is 3.53. The van der Waals surface area contributed by atoms with Crippen LogP contribution in [0.1, 0.15) is 25.3 Å². The fraction of sp³-hybridized carbons (Fsp3) is 0.538. The Morgan fingerprint density at radius 1 is 1.53 bits per heavy atom. The average Bonchev–Trinajstić information content (AvgIpc) is 2.78. The molecule has 2 unspecified atom stereocenters. The summed E-state index contributed by atoms with van der Waals surface area (Å²) < 4.78 is 19.6. The van der Waals surface area contributed by atoms with Crippen LogP contribution in [0, 0.1) is 5.82 Å². The Bertz CT molecular complexity index is 359. The van der Waals surface area contributed by atoms with Crippen LogP contribution in [0.2, 0.25) is 0 Å². The Morgan fingerprint density at radius 2 is 2.35 bits per heavy atom. The summed E-state index contributed by atoms with van der Waals surface area (Å²) >= 11 is 3.29. The van der Waals surface area contributed by atoms with Crippen molar-refractivity contribution in [2.24, 2.45) is 0 Å². The summed E-state index contributed by atoms with van der Waals surface area (Å²) in [4.78, 5) is 0. The molecule has 0 bridgehead atoms. The summed E-state index contributed by atoms with van der Waals surface area (Å²) in [5.41, 5.74) is 0.946. The van der Waals surface area contributed by atoms with Crippen LogP contribution in [-0.2, 0) is 11.3 Å². The van der Waals surface area contributed by atoms with Crippen LogP contribution < -0.4 is 5.32 Å². The van der Waals surface area contributed by atoms with Crippen molar-refractivity contribution in [3.8, 4) is 0 Å². The summed E-state index contributed by atoms with van der Waals surface area (Å²) in [5.74, 6) is -0.207. The molecule has 94 valence electrons. The maximum atomic E-state index is 13.2. The van der Waals surface area contributed by atoms with Gasteiger partial charge in [0.25, 0.3) is 0 Å². The van der Waals surface area contributed by atoms with Gasteiger partial charge < -0.3 is 10.1 Å². The fourth-order valence-corrected chi connectivity index (χ4v) is 2.63. The largest absolute Gasteiger partial charge is 0.377 e. The van der Waals surface area contributed by atoms with E-state index in [1.165, 1.54) is 6.07 Å². The number of hydrogen-bond donors (Lipinski definition) is 1. The lowest BCUT2D eigenvalue weighted by molar-refractivity contribution is 0.0832. The average molecular weight is 302 g/mol. The molecular formula is C13H17BrFNO. The Labute approximate surface area is 110 Å². The standard InChI is InChI=1S/C13H17BrFNO/c1-9(13-3-2-4-17-13)16-8-10-5-11(14)7-12(15)6-10/h5-7,9,13,16H,2-4,8H2,1H3. The van der Waals surface area contributed by atoms with Gasteiger partial charge in [0.15, 0.2) is 0 Å². The Hall–Kier alpha value is -0.450. The lowest BCUT2D eigenvalue weighted by atomic mass is 10.1. The van der Waals surface area contributed by atoms with Gasteiger partial charge in [-0.25, -0.2) is 4.39 Å². The zero-order valence-electron chi connectivity index (χ0n) is 9.88. The highest BCUT2D eigenvalue weighted by Gasteiger charge is 2.21. The molecule has 1 heterocycles. The minimum absolute atomic E-state index is 0.207. The van der Waals surface area contributed by atoms with Gasteiger partial charge in [-0.15, -0.1) is 0 Å². The molecule has 1 aliphatic heterocycles. The highest BCUT2D eigenvalue weighted by molar-refractivity contribution is 9.10. The minimum Gasteiger partial charge on any atom is -0.377 e. The third-order valence-electron chi connectivity index (χ3n) is 3.07. The number of benzene rings is 1. The van der Waals surface area contributed by atoms with Gasteiger partial charge in [0.1, 0.15) is 5.82 Å². The fourth-order valence-electron chi connectivity index (χ4n) is 2.12. The van der Waals surface area contributed by atoms with Crippen molar-refractivity contribution < 1.29 is 9.13 Å². The van der Waals surface area contributed by atoms with E-state index < -0.39 is 0 Å². The molecule has 0 spiro atoms. The maximum Gasteiger partial charge on any atom is 0.124 e. The molecule has 1 N–H and O–H groups in total. The van der Waals surface area contributed by atoms with E-state index in [2.05, 4.69) is 28.2 Å². The molecule has 2 rings (SSSR count). The second kappa shape index (κ2) is 5.94. The highest BCUT2D eigenvalue weighted by Crippen LogP contribution is 2.17. The second-order valence-corrected chi connectivity index (χ2v) is 5.41. The molecule has 2 atom stereocenters. The molecule has 0 aromatic heterocycles. The zero-order chi connectivity index (χ0) is 12.3. The van der Waals surface area contributed by atoms with Gasteiger partial charge in [-0.05, 0) is 43.5 Å². The van der Waals surface area contributed by atoms with Gasteiger partial charge in [0.05, 0.1) is 6.10 Å². The van der Waals surface area contributed by atoms with E-state index in [0.717, 1.165) is 29.5 Å². The molecule has 17 heavy (non-hydrogen) atoms. The topological polar surface area (TPSA) is 21.3 Å². The quantitative estimate of drug-likeness (QED) is 0.922. The van der Waals surface area contributed by atoms with Gasteiger partial charge in [-0.1, -0.05) is 15.9 Å². The first-order chi connectivity index (χ1) is 8.15. The normalized spacial score (nSPS) is 21.7. The zero-order valence-corrected chi connectivity index (χ0v) is 11.5. The summed E-state index contributed by atoms with van der Waals surface area (Å²) in [6.07, 6.45) is 2.55. The lowest BCUT2D eigenvalue weighted by Gasteiger charge is -2.20. The van der Waals surface area contributed by atoms with Crippen LogP contribution in [0.4, 0.5) is 4.39 Å². The molecule has 0 amide bonds. The molecule has 1 aliphatic rings. The predicted octanol–water partition coefficient (Wildman–Crippen LogP) is 3.25. The lowest BCUT2D eigenvalue weighted by Crippen LogP contribution is -2.36. The van der Waals surface area contributed by atoms with E-state index in [1.807, 2.05) is 6.07 Å². The third kappa shape index (κ3) is 3.76. The Morgan fingerprint density at radius 3 is 3.00 bits per heavy atom. The first-order valence-corrected chi connectivity index (χ1v) is 6.74. The van der Waals surface area contributed by atoms with E-state index in [4.69, 9.17) is 4.74 Å². The Kier molecular flexibility index (Phi) is 4.54. The molecule has 0 radical (unpaired) electrons. The van der Waals surface area contributed by atoms with Crippen molar-refractivity contribution in [1.29, 1.82) is 0 Å². The second-order valence-electron chi connectivity index (χ2n) is 4.50. The van der Waals surface area contributed by atoms with Gasteiger partial charge in [-0.3, -0.25) is 0 Å². The van der Waals surface area contributed by atoms with Crippen molar-refractivity contribution in [3.63, 3.8) is 0 Å². The van der Waals surface area contributed by atoms with Crippen molar-refractivity contribution in [2.45, 2.75) is 38.5 Å². The van der Waals surface area contributed by atoms with Crippen molar-refractivity contribution in [1.82, 2.24) is 5.32 Å². The molecule has 1 saturated heterocycles. The van der Waals surface area contributed by atoms with Gasteiger partial charge in [0.2, 0.25) is 0 Å². The van der Waals surface area contributed by atoms with Crippen LogP contribution in [0.3, 0.4) is 0 Å². The number of rotatable bonds is 4. The SMILES string of the molecule is CC(NCc1cc(F)cc(Br)c1)C1CCCO1. The predicted molar refractivity (Wildman–Crippen MR) is 69.4 cm³/mol. The van der Waals surface area contributed by atoms with Crippen LogP contribution in [0.25, 0.3) is 0 Å². The van der Waals surface area contributed by atoms with E-state index >= 15 is 0 Å². The van der Waals surface area contributed by atoms with Crippen LogP contribution in [0.15, 0.2) is 22.7 Å². The molecule has 1 aromatic carbocycles. The first kappa shape index (κ1) is 13.0. The monoisotopic (exact) mass is 301 g/mol. The first-order valence-electron chi connectivity index (χ1n) is 5.95. The van der Waals surface area contributed by atoms with E-state index in [1.54, 1.807) is 6.07 Å². The number of halogens is 2. The van der Waals surface area contributed by atoms with Crippen molar-refractivity contribution in [3.05, 3.63) is 34.1 Å². The summed E-state index contributed by atoms with van der Waals surface area (Å²) in [5, 5.41) is 3.38. The molecule has 2 nitrogen and oxygen atoms in total. The maximum absolute atomic E-state index is 13.2. The molecule has 4 heteroatoms. The van der Waals surface area contributed by atoms with Crippen LogP contribution in [0.5, 0.6) is 0 Å². The minimum atomic E-state index is -0.207. The smallest absolute Gasteiger partial charge is 0.124 e. The van der Waals surface area contributed by atoms with Crippen molar-refractivity contribution in [2.75, 3.05) is 6.61 Å². The molecule has 0 aliphatic carbocycles. The van der Waals surface area contributed by atoms with Gasteiger partial charge in [-0.2, -0.15) is 0 Å². The molecule has 1 aromatic rings. The summed E-state index contributed by atoms with van der Waals surface area (Å²) in [6.45, 7) is 3.64. The van der Waals surface area contributed by atoms with Crippen molar-refractivity contribution >= 4 is 15.9 Å². The summed E-state index contributed by atoms with van der Waals surface area (Å²) in [7, 11) is 0. The number of ether oxygens (including phenoxy) is 1. The van der Waals surface area contributed by atoms with Gasteiger partial charge >= 0.3 is 0 Å². The van der Waals surface area contributed by atoms with Crippen LogP contribution in [-0.4, -0.2) is 18.8 Å². The van der Waals surface area contributed by atoms with E-state index in [0.29, 0.717) is 18.7 Å². The molecule has 0 saturated carbocycles.